The lowest BCUT2D eigenvalue weighted by Crippen LogP contribution is -2.04. The van der Waals surface area contributed by atoms with Gasteiger partial charge in [0.05, 0.1) is 17.1 Å². The minimum absolute atomic E-state index is 0.00190. The minimum atomic E-state index is 0.00190. The predicted molar refractivity (Wildman–Crippen MR) is 54.8 cm³/mol. The predicted octanol–water partition coefficient (Wildman–Crippen LogP) is 1.73. The average Bonchev–Trinajstić information content (AvgIpc) is 2.75. The normalized spacial score (nSPS) is 10.4. The number of thiazole rings is 1. The van der Waals surface area contributed by atoms with Crippen molar-refractivity contribution < 1.29 is 4.79 Å². The summed E-state index contributed by atoms with van der Waals surface area (Å²) in [7, 11) is 0. The third-order valence-corrected chi connectivity index (χ3v) is 2.98. The lowest BCUT2D eigenvalue weighted by Gasteiger charge is -1.91. The first-order valence-electron chi connectivity index (χ1n) is 3.97. The Morgan fingerprint density at radius 3 is 2.93 bits per heavy atom. The fourth-order valence-corrected chi connectivity index (χ4v) is 2.08. The summed E-state index contributed by atoms with van der Waals surface area (Å²) in [4.78, 5) is 15.7. The molecule has 0 aliphatic heterocycles. The number of nitrogens with zero attached hydrogens (tertiary/aromatic N) is 3. The van der Waals surface area contributed by atoms with Crippen molar-refractivity contribution in [1.29, 1.82) is 0 Å². The van der Waals surface area contributed by atoms with Gasteiger partial charge in [0, 0.05) is 10.8 Å². The number of aryl methyl sites for hydroxylation is 1. The molecule has 0 unspecified atom stereocenters. The first-order chi connectivity index (χ1) is 6.75. The van der Waals surface area contributed by atoms with Gasteiger partial charge in [-0.15, -0.1) is 16.4 Å². The molecule has 2 aromatic heterocycles. The molecule has 14 heavy (non-hydrogen) atoms. The van der Waals surface area contributed by atoms with E-state index in [9.17, 15) is 4.79 Å². The maximum atomic E-state index is 11.6. The quantitative estimate of drug-likeness (QED) is 0.746. The van der Waals surface area contributed by atoms with E-state index < -0.39 is 0 Å². The highest BCUT2D eigenvalue weighted by Gasteiger charge is 2.11. The number of rotatable bonds is 3. The SMILES string of the molecule is Cc1nc(C(=O)Cc2csnn2)cs1. The molecule has 0 amide bonds. The molecule has 0 saturated carbocycles. The van der Waals surface area contributed by atoms with Gasteiger partial charge in [0.1, 0.15) is 5.69 Å². The van der Waals surface area contributed by atoms with E-state index >= 15 is 0 Å². The van der Waals surface area contributed by atoms with E-state index in [1.54, 1.807) is 10.8 Å². The van der Waals surface area contributed by atoms with Gasteiger partial charge in [-0.05, 0) is 18.5 Å². The number of hydrogen-bond acceptors (Lipinski definition) is 6. The summed E-state index contributed by atoms with van der Waals surface area (Å²) >= 11 is 2.73. The Morgan fingerprint density at radius 2 is 2.36 bits per heavy atom. The Morgan fingerprint density at radius 1 is 1.50 bits per heavy atom. The van der Waals surface area contributed by atoms with E-state index in [-0.39, 0.29) is 5.78 Å². The van der Waals surface area contributed by atoms with Crippen LogP contribution in [0.3, 0.4) is 0 Å². The molecule has 0 saturated heterocycles. The number of aromatic nitrogens is 3. The number of hydrogen-bond donors (Lipinski definition) is 0. The van der Waals surface area contributed by atoms with Crippen LogP contribution in [-0.4, -0.2) is 20.4 Å². The van der Waals surface area contributed by atoms with Crippen LogP contribution in [0.1, 0.15) is 21.2 Å². The van der Waals surface area contributed by atoms with Crippen LogP contribution in [0.25, 0.3) is 0 Å². The zero-order valence-electron chi connectivity index (χ0n) is 7.43. The highest BCUT2D eigenvalue weighted by Crippen LogP contribution is 2.10. The molecule has 2 rings (SSSR count). The van der Waals surface area contributed by atoms with Gasteiger partial charge in [-0.3, -0.25) is 4.79 Å². The van der Waals surface area contributed by atoms with Crippen LogP contribution in [0.15, 0.2) is 10.8 Å². The Hall–Kier alpha value is -1.14. The molecular weight excluding hydrogens is 218 g/mol. The number of carbonyl (C=O) groups excluding carboxylic acids is 1. The Labute approximate surface area is 88.8 Å². The van der Waals surface area contributed by atoms with Gasteiger partial charge in [-0.25, -0.2) is 4.98 Å². The van der Waals surface area contributed by atoms with Gasteiger partial charge in [0.15, 0.2) is 5.78 Å². The van der Waals surface area contributed by atoms with Crippen molar-refractivity contribution in [2.45, 2.75) is 13.3 Å². The fourth-order valence-electron chi connectivity index (χ4n) is 1.01. The third-order valence-electron chi connectivity index (χ3n) is 1.65. The van der Waals surface area contributed by atoms with Crippen molar-refractivity contribution in [3.63, 3.8) is 0 Å². The van der Waals surface area contributed by atoms with Crippen LogP contribution in [0.5, 0.6) is 0 Å². The van der Waals surface area contributed by atoms with Crippen molar-refractivity contribution in [3.8, 4) is 0 Å². The average molecular weight is 225 g/mol. The van der Waals surface area contributed by atoms with Crippen molar-refractivity contribution in [2.24, 2.45) is 0 Å². The summed E-state index contributed by atoms with van der Waals surface area (Å²) in [5, 5.41) is 8.27. The summed E-state index contributed by atoms with van der Waals surface area (Å²) in [6.07, 6.45) is 0.291. The summed E-state index contributed by atoms with van der Waals surface area (Å²) in [6, 6.07) is 0. The van der Waals surface area contributed by atoms with Crippen molar-refractivity contribution in [1.82, 2.24) is 14.6 Å². The molecule has 6 heteroatoms. The maximum absolute atomic E-state index is 11.6. The lowest BCUT2D eigenvalue weighted by atomic mass is 10.2. The van der Waals surface area contributed by atoms with Crippen LogP contribution in [-0.2, 0) is 6.42 Å². The Balaban J connectivity index is 2.10. The second-order valence-electron chi connectivity index (χ2n) is 2.75. The summed E-state index contributed by atoms with van der Waals surface area (Å²) in [6.45, 7) is 1.88. The summed E-state index contributed by atoms with van der Waals surface area (Å²) in [5.74, 6) is 0.00190. The molecular formula is C8H7N3OS2. The molecule has 0 fully saturated rings. The largest absolute Gasteiger partial charge is 0.292 e. The fraction of sp³-hybridized carbons (Fsp3) is 0.250. The second-order valence-corrected chi connectivity index (χ2v) is 4.42. The van der Waals surface area contributed by atoms with Crippen molar-refractivity contribution in [3.05, 3.63) is 27.2 Å². The second kappa shape index (κ2) is 3.93. The van der Waals surface area contributed by atoms with Gasteiger partial charge in [0.2, 0.25) is 0 Å². The monoisotopic (exact) mass is 225 g/mol. The highest BCUT2D eigenvalue weighted by molar-refractivity contribution is 7.09. The van der Waals surface area contributed by atoms with Gasteiger partial charge in [-0.2, -0.15) is 0 Å². The molecule has 0 spiro atoms. The van der Waals surface area contributed by atoms with Gasteiger partial charge in [-0.1, -0.05) is 4.49 Å². The molecule has 0 atom stereocenters. The first-order valence-corrected chi connectivity index (χ1v) is 5.68. The minimum Gasteiger partial charge on any atom is -0.292 e. The van der Waals surface area contributed by atoms with E-state index in [4.69, 9.17) is 0 Å². The van der Waals surface area contributed by atoms with E-state index in [0.717, 1.165) is 5.01 Å². The van der Waals surface area contributed by atoms with Crippen molar-refractivity contribution in [2.75, 3.05) is 0 Å². The van der Waals surface area contributed by atoms with Crippen molar-refractivity contribution >= 4 is 28.7 Å². The first kappa shape index (κ1) is 9.42. The topological polar surface area (TPSA) is 55.7 Å². The smallest absolute Gasteiger partial charge is 0.188 e. The van der Waals surface area contributed by atoms with Crippen LogP contribution in [0.4, 0.5) is 0 Å². The van der Waals surface area contributed by atoms with Crippen LogP contribution in [0.2, 0.25) is 0 Å². The molecule has 0 aliphatic rings. The zero-order chi connectivity index (χ0) is 9.97. The lowest BCUT2D eigenvalue weighted by molar-refractivity contribution is 0.0987. The van der Waals surface area contributed by atoms with Crippen LogP contribution < -0.4 is 0 Å². The van der Waals surface area contributed by atoms with E-state index in [0.29, 0.717) is 17.8 Å². The molecule has 4 nitrogen and oxygen atoms in total. The number of carbonyl (C=O) groups is 1. The Kier molecular flexibility index (Phi) is 2.64. The maximum Gasteiger partial charge on any atom is 0.188 e. The zero-order valence-corrected chi connectivity index (χ0v) is 9.06. The molecule has 0 aromatic carbocycles. The van der Waals surface area contributed by atoms with Gasteiger partial charge < -0.3 is 0 Å². The molecule has 72 valence electrons. The molecule has 0 N–H and O–H groups in total. The molecule has 2 aromatic rings. The highest BCUT2D eigenvalue weighted by atomic mass is 32.1. The van der Waals surface area contributed by atoms with Crippen LogP contribution in [0, 0.1) is 6.92 Å². The summed E-state index contributed by atoms with van der Waals surface area (Å²) in [5.41, 5.74) is 1.24. The third kappa shape index (κ3) is 2.02. The number of ketones is 1. The van der Waals surface area contributed by atoms with Gasteiger partial charge >= 0.3 is 0 Å². The molecule has 0 bridgehead atoms. The van der Waals surface area contributed by atoms with E-state index in [1.165, 1.54) is 22.9 Å². The van der Waals surface area contributed by atoms with E-state index in [2.05, 4.69) is 14.6 Å². The van der Waals surface area contributed by atoms with E-state index in [1.807, 2.05) is 6.92 Å². The standard InChI is InChI=1S/C8H7N3OS2/c1-5-9-7(4-13-5)8(12)2-6-3-14-11-10-6/h3-4H,2H2,1H3. The van der Waals surface area contributed by atoms with Crippen LogP contribution >= 0.6 is 22.9 Å². The molecule has 0 aliphatic carbocycles. The summed E-state index contributed by atoms with van der Waals surface area (Å²) < 4.78 is 3.70. The number of Topliss-reactive ketones (excluding diaryl/α,β-unsaturated/α-hetero) is 1. The Bertz CT molecular complexity index is 435. The molecule has 0 radical (unpaired) electrons. The van der Waals surface area contributed by atoms with Gasteiger partial charge in [0.25, 0.3) is 0 Å². The molecule has 2 heterocycles.